The average Bonchev–Trinajstić information content (AvgIpc) is 3.17. The van der Waals surface area contributed by atoms with Gasteiger partial charge in [0, 0.05) is 25.2 Å². The average molecular weight is 399 g/mol. The third-order valence-electron chi connectivity index (χ3n) is 5.54. The summed E-state index contributed by atoms with van der Waals surface area (Å²) in [5, 5.41) is 3.42. The molecule has 2 fully saturated rings. The van der Waals surface area contributed by atoms with Crippen LogP contribution in [0.2, 0.25) is 0 Å². The molecule has 1 aromatic carbocycles. The summed E-state index contributed by atoms with van der Waals surface area (Å²) in [4.78, 5) is 18.8. The number of hydrogen-bond acceptors (Lipinski definition) is 5. The van der Waals surface area contributed by atoms with Crippen LogP contribution < -0.4 is 10.0 Å². The smallest absolute Gasteiger partial charge is 0.263 e. The number of nitrogens with zero attached hydrogens (tertiary/aromatic N) is 2. The van der Waals surface area contributed by atoms with E-state index in [1.807, 2.05) is 4.90 Å². The van der Waals surface area contributed by atoms with Crippen molar-refractivity contribution in [2.75, 3.05) is 32.7 Å². The second-order valence-electron chi connectivity index (χ2n) is 7.07. The Balaban J connectivity index is 0.00000196. The summed E-state index contributed by atoms with van der Waals surface area (Å²) in [5.74, 6) is 0.217. The van der Waals surface area contributed by atoms with Crippen LogP contribution in [0.1, 0.15) is 24.8 Å². The van der Waals surface area contributed by atoms with Gasteiger partial charge in [-0.05, 0) is 43.4 Å². The number of halogens is 1. The molecule has 142 valence electrons. The molecule has 2 saturated heterocycles. The number of likely N-dealkylation sites (tertiary alicyclic amines) is 1. The van der Waals surface area contributed by atoms with E-state index in [2.05, 4.69) is 15.0 Å². The van der Waals surface area contributed by atoms with E-state index in [9.17, 15) is 13.2 Å². The first-order chi connectivity index (χ1) is 12.0. The van der Waals surface area contributed by atoms with Crippen molar-refractivity contribution in [3.63, 3.8) is 0 Å². The number of rotatable bonds is 2. The molecule has 3 aliphatic rings. The summed E-state index contributed by atoms with van der Waals surface area (Å²) >= 11 is 0. The Morgan fingerprint density at radius 2 is 1.92 bits per heavy atom. The number of sulfonamides is 1. The third kappa shape index (κ3) is 3.45. The maximum absolute atomic E-state index is 12.5. The van der Waals surface area contributed by atoms with Crippen molar-refractivity contribution in [2.45, 2.75) is 24.2 Å². The zero-order valence-corrected chi connectivity index (χ0v) is 16.0. The highest BCUT2D eigenvalue weighted by atomic mass is 35.5. The Kier molecular flexibility index (Phi) is 5.28. The van der Waals surface area contributed by atoms with Crippen LogP contribution >= 0.6 is 12.4 Å². The van der Waals surface area contributed by atoms with E-state index >= 15 is 0 Å². The van der Waals surface area contributed by atoms with E-state index in [1.165, 1.54) is 6.42 Å². The van der Waals surface area contributed by atoms with Gasteiger partial charge in [0.2, 0.25) is 5.91 Å². The minimum Gasteiger partial charge on any atom is -0.341 e. The molecule has 26 heavy (non-hydrogen) atoms. The number of fused-ring (bicyclic) bond motifs is 1. The zero-order valence-electron chi connectivity index (χ0n) is 14.4. The highest BCUT2D eigenvalue weighted by Crippen LogP contribution is 2.36. The van der Waals surface area contributed by atoms with E-state index in [4.69, 9.17) is 0 Å². The first-order valence-corrected chi connectivity index (χ1v) is 10.1. The highest BCUT2D eigenvalue weighted by Gasteiger charge is 2.38. The zero-order chi connectivity index (χ0) is 17.5. The lowest BCUT2D eigenvalue weighted by atomic mass is 9.78. The summed E-state index contributed by atoms with van der Waals surface area (Å²) < 4.78 is 26.6. The van der Waals surface area contributed by atoms with E-state index in [1.54, 1.807) is 24.3 Å². The van der Waals surface area contributed by atoms with Crippen molar-refractivity contribution in [3.05, 3.63) is 29.8 Å². The molecule has 0 unspecified atom stereocenters. The Labute approximate surface area is 159 Å². The number of amidine groups is 1. The topological polar surface area (TPSA) is 90.9 Å². The molecule has 3 aliphatic heterocycles. The van der Waals surface area contributed by atoms with Crippen molar-refractivity contribution in [3.8, 4) is 0 Å². The summed E-state index contributed by atoms with van der Waals surface area (Å²) in [5.41, 5.74) is 0.896. The van der Waals surface area contributed by atoms with Crippen LogP contribution in [-0.2, 0) is 14.8 Å². The lowest BCUT2D eigenvalue weighted by Gasteiger charge is -2.38. The van der Waals surface area contributed by atoms with E-state index in [0.717, 1.165) is 39.0 Å². The fraction of sp³-hybridized carbons (Fsp3) is 0.529. The quantitative estimate of drug-likeness (QED) is 0.769. The van der Waals surface area contributed by atoms with Crippen LogP contribution in [-0.4, -0.2) is 57.8 Å². The largest absolute Gasteiger partial charge is 0.341 e. The second-order valence-corrected chi connectivity index (χ2v) is 8.72. The molecule has 0 atom stereocenters. The van der Waals surface area contributed by atoms with Crippen LogP contribution in [0, 0.1) is 5.41 Å². The SMILES string of the molecule is Cl.O=C(CN=C1NS(=O)(=O)c2ccccc21)N1CCC2(CCNC2)CC1. The van der Waals surface area contributed by atoms with Gasteiger partial charge in [-0.15, -0.1) is 12.4 Å². The molecule has 0 radical (unpaired) electrons. The fourth-order valence-corrected chi connectivity index (χ4v) is 5.20. The molecule has 2 N–H and O–H groups in total. The molecular formula is C17H23ClN4O3S. The Hall–Kier alpha value is -1.64. The molecular weight excluding hydrogens is 376 g/mol. The van der Waals surface area contributed by atoms with E-state index < -0.39 is 10.0 Å². The van der Waals surface area contributed by atoms with Gasteiger partial charge in [0.1, 0.15) is 12.4 Å². The maximum atomic E-state index is 12.5. The first-order valence-electron chi connectivity index (χ1n) is 8.64. The van der Waals surface area contributed by atoms with Crippen LogP contribution in [0.15, 0.2) is 34.2 Å². The van der Waals surface area contributed by atoms with Crippen molar-refractivity contribution >= 4 is 34.2 Å². The summed E-state index contributed by atoms with van der Waals surface area (Å²) in [7, 11) is -3.56. The molecule has 0 bridgehead atoms. The molecule has 0 aromatic heterocycles. The normalized spacial score (nSPS) is 24.2. The number of benzene rings is 1. The predicted molar refractivity (Wildman–Crippen MR) is 101 cm³/mol. The minimum absolute atomic E-state index is 0. The van der Waals surface area contributed by atoms with Crippen molar-refractivity contribution in [2.24, 2.45) is 10.4 Å². The second kappa shape index (κ2) is 7.17. The number of carbonyl (C=O) groups is 1. The molecule has 0 saturated carbocycles. The van der Waals surface area contributed by atoms with Gasteiger partial charge in [0.15, 0.2) is 0 Å². The Morgan fingerprint density at radius 3 is 2.62 bits per heavy atom. The first kappa shape index (κ1) is 19.1. The Morgan fingerprint density at radius 1 is 1.19 bits per heavy atom. The number of piperidine rings is 1. The maximum Gasteiger partial charge on any atom is 0.263 e. The number of carbonyl (C=O) groups excluding carboxylic acids is 1. The minimum atomic E-state index is -3.56. The molecule has 9 heteroatoms. The van der Waals surface area contributed by atoms with Crippen molar-refractivity contribution < 1.29 is 13.2 Å². The van der Waals surface area contributed by atoms with Crippen molar-refractivity contribution in [1.82, 2.24) is 14.9 Å². The molecule has 7 nitrogen and oxygen atoms in total. The lowest BCUT2D eigenvalue weighted by Crippen LogP contribution is -2.45. The monoisotopic (exact) mass is 398 g/mol. The predicted octanol–water partition coefficient (Wildman–Crippen LogP) is 0.749. The lowest BCUT2D eigenvalue weighted by molar-refractivity contribution is -0.131. The van der Waals surface area contributed by atoms with Crippen LogP contribution in [0.25, 0.3) is 0 Å². The van der Waals surface area contributed by atoms with Crippen LogP contribution in [0.5, 0.6) is 0 Å². The fourth-order valence-electron chi connectivity index (χ4n) is 3.95. The molecule has 4 rings (SSSR count). The van der Waals surface area contributed by atoms with E-state index in [0.29, 0.717) is 11.0 Å². The summed E-state index contributed by atoms with van der Waals surface area (Å²) in [6, 6.07) is 6.68. The van der Waals surface area contributed by atoms with Gasteiger partial charge in [-0.3, -0.25) is 14.5 Å². The van der Waals surface area contributed by atoms with Gasteiger partial charge in [0.05, 0.1) is 4.90 Å². The highest BCUT2D eigenvalue weighted by molar-refractivity contribution is 7.90. The van der Waals surface area contributed by atoms with E-state index in [-0.39, 0.29) is 35.6 Å². The van der Waals surface area contributed by atoms with Crippen LogP contribution in [0.4, 0.5) is 0 Å². The van der Waals surface area contributed by atoms with Gasteiger partial charge in [-0.1, -0.05) is 12.1 Å². The summed E-state index contributed by atoms with van der Waals surface area (Å²) in [6.07, 6.45) is 3.24. The van der Waals surface area contributed by atoms with Gasteiger partial charge in [-0.25, -0.2) is 8.42 Å². The number of nitrogens with one attached hydrogen (secondary N) is 2. The van der Waals surface area contributed by atoms with Gasteiger partial charge in [-0.2, -0.15) is 0 Å². The van der Waals surface area contributed by atoms with Gasteiger partial charge in [0.25, 0.3) is 10.0 Å². The molecule has 0 aliphatic carbocycles. The number of aliphatic imine (C=N–C) groups is 1. The van der Waals surface area contributed by atoms with Gasteiger partial charge < -0.3 is 10.2 Å². The third-order valence-corrected chi connectivity index (χ3v) is 6.94. The van der Waals surface area contributed by atoms with Crippen LogP contribution in [0.3, 0.4) is 0 Å². The number of amides is 1. The standard InChI is InChI=1S/C17H22N4O3S.ClH/c22-15(21-9-6-17(7-10-21)5-8-18-12-17)11-19-16-13-3-1-2-4-14(13)25(23,24)20-16;/h1-4,18H,5-12H2,(H,19,20);1H. The van der Waals surface area contributed by atoms with Crippen molar-refractivity contribution in [1.29, 1.82) is 0 Å². The molecule has 1 aromatic rings. The summed E-state index contributed by atoms with van der Waals surface area (Å²) in [6.45, 7) is 3.61. The Bertz CT molecular complexity index is 824. The molecule has 3 heterocycles. The molecule has 1 amide bonds. The van der Waals surface area contributed by atoms with Gasteiger partial charge >= 0.3 is 0 Å². The number of hydrogen-bond donors (Lipinski definition) is 2. The molecule has 1 spiro atoms.